The number of esters is 1. The van der Waals surface area contributed by atoms with Gasteiger partial charge in [-0.05, 0) is 68.4 Å². The number of imide groups is 1. The molecule has 1 saturated carbocycles. The van der Waals surface area contributed by atoms with Gasteiger partial charge in [0.25, 0.3) is 5.91 Å². The number of ether oxygens (including phenoxy) is 1. The van der Waals surface area contributed by atoms with Crippen LogP contribution < -0.4 is 10.2 Å². The van der Waals surface area contributed by atoms with Gasteiger partial charge in [0.15, 0.2) is 6.61 Å². The van der Waals surface area contributed by atoms with E-state index >= 15 is 0 Å². The van der Waals surface area contributed by atoms with Gasteiger partial charge in [-0.15, -0.1) is 0 Å². The summed E-state index contributed by atoms with van der Waals surface area (Å²) >= 11 is 0. The molecule has 2 aliphatic rings. The van der Waals surface area contributed by atoms with Crippen molar-refractivity contribution in [3.63, 3.8) is 0 Å². The molecule has 0 radical (unpaired) electrons. The van der Waals surface area contributed by atoms with Crippen LogP contribution in [0.25, 0.3) is 0 Å². The van der Waals surface area contributed by atoms with E-state index in [1.165, 1.54) is 17.0 Å². The van der Waals surface area contributed by atoms with Gasteiger partial charge in [-0.25, -0.2) is 4.79 Å². The molecule has 1 saturated heterocycles. The molecule has 0 aromatic heterocycles. The summed E-state index contributed by atoms with van der Waals surface area (Å²) in [4.78, 5) is 51.9. The van der Waals surface area contributed by atoms with Gasteiger partial charge < -0.3 is 10.1 Å². The SMILES string of the molecule is Cc1cccc(C)c1NC(=O)COC(=O)c1cccc(N2C(=O)[C@@H]3CC[C@@H](C)C[C@H]3C2=O)c1. The second-order valence-corrected chi connectivity index (χ2v) is 9.08. The van der Waals surface area contributed by atoms with E-state index in [0.29, 0.717) is 30.1 Å². The van der Waals surface area contributed by atoms with E-state index < -0.39 is 18.5 Å². The number of anilines is 2. The van der Waals surface area contributed by atoms with Gasteiger partial charge >= 0.3 is 5.97 Å². The van der Waals surface area contributed by atoms with E-state index in [1.807, 2.05) is 32.0 Å². The second kappa shape index (κ2) is 9.17. The van der Waals surface area contributed by atoms with Crippen molar-refractivity contribution >= 4 is 35.1 Å². The third-order valence-corrected chi connectivity index (χ3v) is 6.61. The number of carbonyl (C=O) groups excluding carboxylic acids is 4. The Hall–Kier alpha value is -3.48. The lowest BCUT2D eigenvalue weighted by Gasteiger charge is -2.25. The maximum atomic E-state index is 13.0. The summed E-state index contributed by atoms with van der Waals surface area (Å²) in [5.41, 5.74) is 3.06. The third kappa shape index (κ3) is 4.53. The molecule has 7 heteroatoms. The Morgan fingerprint density at radius 3 is 2.39 bits per heavy atom. The first-order valence-electron chi connectivity index (χ1n) is 11.3. The van der Waals surface area contributed by atoms with Crippen molar-refractivity contribution < 1.29 is 23.9 Å². The Kier molecular flexibility index (Phi) is 6.31. The molecular formula is C26H28N2O5. The van der Waals surface area contributed by atoms with Crippen LogP contribution in [-0.4, -0.2) is 30.3 Å². The second-order valence-electron chi connectivity index (χ2n) is 9.08. The monoisotopic (exact) mass is 448 g/mol. The number of hydrogen-bond donors (Lipinski definition) is 1. The number of hydrogen-bond acceptors (Lipinski definition) is 5. The molecule has 1 N–H and O–H groups in total. The number of aryl methyl sites for hydroxylation is 2. The van der Waals surface area contributed by atoms with E-state index in [1.54, 1.807) is 12.1 Å². The summed E-state index contributed by atoms with van der Waals surface area (Å²) in [7, 11) is 0. The average Bonchev–Trinajstić information content (AvgIpc) is 3.04. The highest BCUT2D eigenvalue weighted by molar-refractivity contribution is 6.22. The normalized spacial score (nSPS) is 22.2. The quantitative estimate of drug-likeness (QED) is 0.551. The predicted octanol–water partition coefficient (Wildman–Crippen LogP) is 4.02. The van der Waals surface area contributed by atoms with Crippen LogP contribution in [0, 0.1) is 31.6 Å². The van der Waals surface area contributed by atoms with Crippen LogP contribution in [0.2, 0.25) is 0 Å². The largest absolute Gasteiger partial charge is 0.452 e. The number of rotatable bonds is 5. The number of nitrogens with one attached hydrogen (secondary N) is 1. The lowest BCUT2D eigenvalue weighted by molar-refractivity contribution is -0.122. The fourth-order valence-electron chi connectivity index (χ4n) is 4.82. The van der Waals surface area contributed by atoms with Crippen LogP contribution in [0.3, 0.4) is 0 Å². The molecule has 2 aromatic rings. The molecular weight excluding hydrogens is 420 g/mol. The van der Waals surface area contributed by atoms with Crippen molar-refractivity contribution in [2.24, 2.45) is 17.8 Å². The summed E-state index contributed by atoms with van der Waals surface area (Å²) < 4.78 is 5.18. The van der Waals surface area contributed by atoms with Crippen LogP contribution in [-0.2, 0) is 19.1 Å². The molecule has 1 aliphatic carbocycles. The molecule has 172 valence electrons. The molecule has 2 fully saturated rings. The standard InChI is InChI=1S/C26H28N2O5/c1-15-10-11-20-21(12-15)25(31)28(24(20)30)19-9-5-8-18(13-19)26(32)33-14-22(29)27-23-16(2)6-4-7-17(23)3/h4-9,13,15,20-21H,10-12,14H2,1-3H3,(H,27,29)/t15-,20-,21-/m1/s1. The van der Waals surface area contributed by atoms with Crippen molar-refractivity contribution in [1.82, 2.24) is 0 Å². The number of fused-ring (bicyclic) bond motifs is 1. The topological polar surface area (TPSA) is 92.8 Å². The van der Waals surface area contributed by atoms with Crippen LogP contribution >= 0.6 is 0 Å². The van der Waals surface area contributed by atoms with Crippen LogP contribution in [0.15, 0.2) is 42.5 Å². The van der Waals surface area contributed by atoms with Gasteiger partial charge in [0.1, 0.15) is 0 Å². The molecule has 0 unspecified atom stereocenters. The zero-order valence-corrected chi connectivity index (χ0v) is 19.1. The molecule has 3 atom stereocenters. The minimum Gasteiger partial charge on any atom is -0.452 e. The van der Waals surface area contributed by atoms with Gasteiger partial charge in [0.2, 0.25) is 11.8 Å². The summed E-state index contributed by atoms with van der Waals surface area (Å²) in [5, 5.41) is 2.77. The lowest BCUT2D eigenvalue weighted by Crippen LogP contribution is -2.31. The number of para-hydroxylation sites is 1. The Morgan fingerprint density at radius 2 is 1.67 bits per heavy atom. The van der Waals surface area contributed by atoms with E-state index in [2.05, 4.69) is 12.2 Å². The third-order valence-electron chi connectivity index (χ3n) is 6.61. The van der Waals surface area contributed by atoms with Gasteiger partial charge in [0.05, 0.1) is 23.1 Å². The Bertz CT molecular complexity index is 1110. The number of carbonyl (C=O) groups is 4. The number of benzene rings is 2. The number of amides is 3. The van der Waals surface area contributed by atoms with Gasteiger partial charge in [-0.3, -0.25) is 19.3 Å². The van der Waals surface area contributed by atoms with Crippen molar-refractivity contribution in [2.75, 3.05) is 16.8 Å². The molecule has 7 nitrogen and oxygen atoms in total. The smallest absolute Gasteiger partial charge is 0.338 e. The summed E-state index contributed by atoms with van der Waals surface area (Å²) in [6, 6.07) is 11.9. The van der Waals surface area contributed by atoms with E-state index in [4.69, 9.17) is 4.74 Å². The number of nitrogens with zero attached hydrogens (tertiary/aromatic N) is 1. The average molecular weight is 449 g/mol. The minimum atomic E-state index is -0.696. The Labute approximate surface area is 193 Å². The first-order chi connectivity index (χ1) is 15.8. The van der Waals surface area contributed by atoms with Crippen molar-refractivity contribution in [3.8, 4) is 0 Å². The van der Waals surface area contributed by atoms with Crippen LogP contribution in [0.1, 0.15) is 47.7 Å². The van der Waals surface area contributed by atoms with Crippen molar-refractivity contribution in [3.05, 3.63) is 59.2 Å². The fourth-order valence-corrected chi connectivity index (χ4v) is 4.82. The summed E-state index contributed by atoms with van der Waals surface area (Å²) in [6.45, 7) is 5.43. The van der Waals surface area contributed by atoms with E-state index in [9.17, 15) is 19.2 Å². The van der Waals surface area contributed by atoms with E-state index in [0.717, 1.165) is 17.5 Å². The Morgan fingerprint density at radius 1 is 1.00 bits per heavy atom. The van der Waals surface area contributed by atoms with Crippen LogP contribution in [0.4, 0.5) is 11.4 Å². The van der Waals surface area contributed by atoms with Crippen molar-refractivity contribution in [2.45, 2.75) is 40.0 Å². The molecule has 2 aromatic carbocycles. The molecule has 33 heavy (non-hydrogen) atoms. The Balaban J connectivity index is 1.42. The first-order valence-corrected chi connectivity index (χ1v) is 11.3. The van der Waals surface area contributed by atoms with E-state index in [-0.39, 0.29) is 29.2 Å². The maximum absolute atomic E-state index is 13.0. The van der Waals surface area contributed by atoms with Gasteiger partial charge in [-0.1, -0.05) is 31.2 Å². The maximum Gasteiger partial charge on any atom is 0.338 e. The summed E-state index contributed by atoms with van der Waals surface area (Å²) in [6.07, 6.45) is 2.36. The molecule has 0 spiro atoms. The first kappa shape index (κ1) is 22.7. The molecule has 1 aliphatic heterocycles. The van der Waals surface area contributed by atoms with Gasteiger partial charge in [-0.2, -0.15) is 0 Å². The fraction of sp³-hybridized carbons (Fsp3) is 0.385. The van der Waals surface area contributed by atoms with Gasteiger partial charge in [0, 0.05) is 5.69 Å². The highest BCUT2D eigenvalue weighted by Gasteiger charge is 2.50. The molecule has 4 rings (SSSR count). The lowest BCUT2D eigenvalue weighted by atomic mass is 9.76. The highest BCUT2D eigenvalue weighted by Crippen LogP contribution is 2.42. The predicted molar refractivity (Wildman–Crippen MR) is 124 cm³/mol. The molecule has 1 heterocycles. The minimum absolute atomic E-state index is 0.177. The summed E-state index contributed by atoms with van der Waals surface area (Å²) in [5.74, 6) is -1.69. The zero-order valence-electron chi connectivity index (χ0n) is 19.1. The molecule has 0 bridgehead atoms. The zero-order chi connectivity index (χ0) is 23.7. The molecule has 3 amide bonds. The highest BCUT2D eigenvalue weighted by atomic mass is 16.5. The van der Waals surface area contributed by atoms with Crippen LogP contribution in [0.5, 0.6) is 0 Å². The van der Waals surface area contributed by atoms with Crippen molar-refractivity contribution in [1.29, 1.82) is 0 Å².